The van der Waals surface area contributed by atoms with Crippen molar-refractivity contribution >= 4 is 17.4 Å². The predicted molar refractivity (Wildman–Crippen MR) is 79.4 cm³/mol. The highest BCUT2D eigenvalue weighted by Gasteiger charge is 2.47. The van der Waals surface area contributed by atoms with Gasteiger partial charge in [0, 0.05) is 5.69 Å². The Morgan fingerprint density at radius 1 is 0.952 bits per heavy atom. The molecule has 1 saturated heterocycles. The second-order valence-corrected chi connectivity index (χ2v) is 5.05. The van der Waals surface area contributed by atoms with Gasteiger partial charge in [-0.2, -0.15) is 0 Å². The number of anilines is 1. The van der Waals surface area contributed by atoms with E-state index in [2.05, 4.69) is 0 Å². The van der Waals surface area contributed by atoms with Gasteiger partial charge in [-0.05, 0) is 36.8 Å². The van der Waals surface area contributed by atoms with Crippen molar-refractivity contribution in [3.05, 3.63) is 59.7 Å². The molecule has 0 N–H and O–H groups in total. The van der Waals surface area contributed by atoms with Crippen molar-refractivity contribution in [3.8, 4) is 5.75 Å². The van der Waals surface area contributed by atoms with E-state index in [9.17, 15) is 9.59 Å². The van der Waals surface area contributed by atoms with Crippen LogP contribution in [0.5, 0.6) is 5.75 Å². The Kier molecular flexibility index (Phi) is 3.22. The topological polar surface area (TPSA) is 46.6 Å². The number of carbonyl (C=O) groups excluding carboxylic acids is 2. The third kappa shape index (κ3) is 2.18. The zero-order valence-electron chi connectivity index (χ0n) is 11.9. The van der Waals surface area contributed by atoms with Crippen molar-refractivity contribution in [3.63, 3.8) is 0 Å². The Morgan fingerprint density at radius 3 is 2.14 bits per heavy atom. The average Bonchev–Trinajstić information content (AvgIpc) is 2.53. The number of carbonyl (C=O) groups is 2. The summed E-state index contributed by atoms with van der Waals surface area (Å²) in [6.45, 7) is 1.98. The smallest absolute Gasteiger partial charge is 0.297 e. The Labute approximate surface area is 123 Å². The molecule has 0 aromatic heterocycles. The molecule has 0 saturated carbocycles. The van der Waals surface area contributed by atoms with Crippen LogP contribution in [0.25, 0.3) is 0 Å². The summed E-state index contributed by atoms with van der Waals surface area (Å²) in [6.07, 6.45) is 0. The van der Waals surface area contributed by atoms with Gasteiger partial charge in [0.15, 0.2) is 0 Å². The lowest BCUT2D eigenvalue weighted by atomic mass is 9.91. The zero-order valence-corrected chi connectivity index (χ0v) is 11.9. The lowest BCUT2D eigenvalue weighted by Crippen LogP contribution is -2.56. The van der Waals surface area contributed by atoms with Gasteiger partial charge in [0.1, 0.15) is 11.8 Å². The number of nitrogens with zero attached hydrogens (tertiary/aromatic N) is 1. The molecule has 0 radical (unpaired) electrons. The van der Waals surface area contributed by atoms with Gasteiger partial charge in [-0.15, -0.1) is 0 Å². The Hall–Kier alpha value is -2.62. The summed E-state index contributed by atoms with van der Waals surface area (Å²) in [4.78, 5) is 25.4. The molecule has 2 aromatic rings. The Morgan fingerprint density at radius 2 is 1.57 bits per heavy atom. The lowest BCUT2D eigenvalue weighted by molar-refractivity contribution is -0.143. The SMILES string of the molecule is COc1ccc(N2C(=O)C(=O)[C@H]2c2ccc(C)cc2)cc1. The summed E-state index contributed by atoms with van der Waals surface area (Å²) in [7, 11) is 1.59. The van der Waals surface area contributed by atoms with E-state index in [4.69, 9.17) is 4.74 Å². The average molecular weight is 281 g/mol. The molecule has 0 unspecified atom stereocenters. The standard InChI is InChI=1S/C17H15NO3/c1-11-3-5-12(6-4-11)15-16(19)17(20)18(15)13-7-9-14(21-2)10-8-13/h3-10,15H,1-2H3/t15-/m1/s1. The third-order valence-electron chi connectivity index (χ3n) is 3.68. The highest BCUT2D eigenvalue weighted by molar-refractivity contribution is 6.51. The normalized spacial score (nSPS) is 17.6. The molecule has 1 atom stereocenters. The van der Waals surface area contributed by atoms with E-state index in [1.807, 2.05) is 31.2 Å². The second kappa shape index (κ2) is 5.05. The van der Waals surface area contributed by atoms with E-state index in [-0.39, 0.29) is 5.78 Å². The van der Waals surface area contributed by atoms with Crippen LogP contribution in [-0.2, 0) is 9.59 Å². The van der Waals surface area contributed by atoms with Gasteiger partial charge in [0.05, 0.1) is 7.11 Å². The van der Waals surface area contributed by atoms with Crippen molar-refractivity contribution in [1.82, 2.24) is 0 Å². The molecule has 0 spiro atoms. The minimum Gasteiger partial charge on any atom is -0.497 e. The number of aryl methyl sites for hydroxylation is 1. The number of ether oxygens (including phenoxy) is 1. The first-order chi connectivity index (χ1) is 10.1. The first-order valence-corrected chi connectivity index (χ1v) is 6.70. The highest BCUT2D eigenvalue weighted by atomic mass is 16.5. The molecule has 3 rings (SSSR count). The number of hydrogen-bond acceptors (Lipinski definition) is 3. The van der Waals surface area contributed by atoms with Crippen LogP contribution in [0.4, 0.5) is 5.69 Å². The summed E-state index contributed by atoms with van der Waals surface area (Å²) >= 11 is 0. The maximum absolute atomic E-state index is 11.9. The Bertz CT molecular complexity index is 689. The molecule has 106 valence electrons. The maximum atomic E-state index is 11.9. The van der Waals surface area contributed by atoms with Crippen LogP contribution in [0.15, 0.2) is 48.5 Å². The van der Waals surface area contributed by atoms with Crippen LogP contribution in [0.3, 0.4) is 0 Å². The third-order valence-corrected chi connectivity index (χ3v) is 3.68. The number of β-lactam (4-membered cyclic amide) rings is 1. The maximum Gasteiger partial charge on any atom is 0.297 e. The number of amides is 1. The van der Waals surface area contributed by atoms with Gasteiger partial charge in [0.25, 0.3) is 5.91 Å². The lowest BCUT2D eigenvalue weighted by Gasteiger charge is -2.38. The van der Waals surface area contributed by atoms with Gasteiger partial charge in [-0.3, -0.25) is 14.5 Å². The first kappa shape index (κ1) is 13.4. The zero-order chi connectivity index (χ0) is 15.0. The molecule has 1 heterocycles. The molecular formula is C17H15NO3. The fourth-order valence-electron chi connectivity index (χ4n) is 2.46. The molecule has 4 heteroatoms. The molecule has 1 fully saturated rings. The van der Waals surface area contributed by atoms with Gasteiger partial charge < -0.3 is 4.74 Å². The number of hydrogen-bond donors (Lipinski definition) is 0. The Balaban J connectivity index is 1.94. The number of ketones is 1. The number of rotatable bonds is 3. The summed E-state index contributed by atoms with van der Waals surface area (Å²) in [5, 5.41) is 0. The fraction of sp³-hybridized carbons (Fsp3) is 0.176. The second-order valence-electron chi connectivity index (χ2n) is 5.05. The number of benzene rings is 2. The summed E-state index contributed by atoms with van der Waals surface area (Å²) in [6, 6.07) is 14.3. The summed E-state index contributed by atoms with van der Waals surface area (Å²) < 4.78 is 5.10. The quantitative estimate of drug-likeness (QED) is 0.642. The van der Waals surface area contributed by atoms with Crippen LogP contribution in [0.2, 0.25) is 0 Å². The minimum absolute atomic E-state index is 0.366. The number of methoxy groups -OCH3 is 1. The molecule has 21 heavy (non-hydrogen) atoms. The van der Waals surface area contributed by atoms with Gasteiger partial charge in [0.2, 0.25) is 5.78 Å². The molecule has 4 nitrogen and oxygen atoms in total. The molecule has 2 aromatic carbocycles. The summed E-state index contributed by atoms with van der Waals surface area (Å²) in [5.74, 6) is -0.120. The molecule has 1 amide bonds. The van der Waals surface area contributed by atoms with E-state index in [0.29, 0.717) is 11.4 Å². The number of Topliss-reactive ketones (excluding diaryl/α,β-unsaturated/α-hetero) is 1. The van der Waals surface area contributed by atoms with Gasteiger partial charge in [-0.1, -0.05) is 29.8 Å². The van der Waals surface area contributed by atoms with Crippen LogP contribution in [0.1, 0.15) is 17.2 Å². The monoisotopic (exact) mass is 281 g/mol. The van der Waals surface area contributed by atoms with Crippen LogP contribution in [0, 0.1) is 6.92 Å². The van der Waals surface area contributed by atoms with E-state index in [1.165, 1.54) is 4.90 Å². The van der Waals surface area contributed by atoms with Gasteiger partial charge in [-0.25, -0.2) is 0 Å². The molecule has 1 aliphatic heterocycles. The fourth-order valence-corrected chi connectivity index (χ4v) is 2.46. The van der Waals surface area contributed by atoms with E-state index >= 15 is 0 Å². The molecular weight excluding hydrogens is 266 g/mol. The van der Waals surface area contributed by atoms with Crippen LogP contribution >= 0.6 is 0 Å². The summed E-state index contributed by atoms with van der Waals surface area (Å²) in [5.41, 5.74) is 2.65. The molecule has 0 aliphatic carbocycles. The van der Waals surface area contributed by atoms with Crippen molar-refractivity contribution in [1.29, 1.82) is 0 Å². The van der Waals surface area contributed by atoms with Crippen LogP contribution in [-0.4, -0.2) is 18.8 Å². The molecule has 1 aliphatic rings. The van der Waals surface area contributed by atoms with Crippen molar-refractivity contribution < 1.29 is 14.3 Å². The van der Waals surface area contributed by atoms with Crippen LogP contribution < -0.4 is 9.64 Å². The first-order valence-electron chi connectivity index (χ1n) is 6.70. The van der Waals surface area contributed by atoms with E-state index in [1.54, 1.807) is 31.4 Å². The highest BCUT2D eigenvalue weighted by Crippen LogP contribution is 2.36. The van der Waals surface area contributed by atoms with Crippen molar-refractivity contribution in [2.24, 2.45) is 0 Å². The predicted octanol–water partition coefficient (Wildman–Crippen LogP) is 2.66. The minimum atomic E-state index is -0.522. The van der Waals surface area contributed by atoms with Crippen molar-refractivity contribution in [2.45, 2.75) is 13.0 Å². The van der Waals surface area contributed by atoms with E-state index in [0.717, 1.165) is 11.1 Å². The van der Waals surface area contributed by atoms with E-state index < -0.39 is 11.9 Å². The van der Waals surface area contributed by atoms with Crippen molar-refractivity contribution in [2.75, 3.05) is 12.0 Å². The molecule has 0 bridgehead atoms. The van der Waals surface area contributed by atoms with Gasteiger partial charge >= 0.3 is 0 Å². The largest absolute Gasteiger partial charge is 0.497 e.